The second-order valence-electron chi connectivity index (χ2n) is 8.41. The summed E-state index contributed by atoms with van der Waals surface area (Å²) in [4.78, 5) is 33.4. The van der Waals surface area contributed by atoms with E-state index in [2.05, 4.69) is 25.2 Å². The van der Waals surface area contributed by atoms with Gasteiger partial charge in [-0.1, -0.05) is 51.3 Å². The summed E-state index contributed by atoms with van der Waals surface area (Å²) < 4.78 is 1.91. The lowest BCUT2D eigenvalue weighted by atomic mass is 10.1. The third kappa shape index (κ3) is 4.68. The fourth-order valence-electron chi connectivity index (χ4n) is 4.34. The van der Waals surface area contributed by atoms with Crippen LogP contribution in [0.4, 0.5) is 11.5 Å². The van der Waals surface area contributed by atoms with Crippen molar-refractivity contribution in [2.45, 2.75) is 52.0 Å². The molecule has 0 fully saturated rings. The van der Waals surface area contributed by atoms with Crippen molar-refractivity contribution in [1.29, 1.82) is 5.26 Å². The largest absolute Gasteiger partial charge is 0.307 e. The van der Waals surface area contributed by atoms with Crippen LogP contribution in [0, 0.1) is 21.4 Å². The molecular formula is C26H26N6O3. The lowest BCUT2D eigenvalue weighted by molar-refractivity contribution is -0.384. The van der Waals surface area contributed by atoms with Gasteiger partial charge in [0.1, 0.15) is 23.0 Å². The molecule has 0 radical (unpaired) electrons. The minimum absolute atomic E-state index is 0.0120. The van der Waals surface area contributed by atoms with Crippen molar-refractivity contribution in [2.75, 3.05) is 5.32 Å². The van der Waals surface area contributed by atoms with Crippen molar-refractivity contribution >= 4 is 39.6 Å². The number of unbranched alkanes of at least 4 members (excludes halogenated alkanes) is 2. The van der Waals surface area contributed by atoms with Crippen LogP contribution in [0.3, 0.4) is 0 Å². The van der Waals surface area contributed by atoms with Gasteiger partial charge in [-0.25, -0.2) is 9.97 Å². The van der Waals surface area contributed by atoms with Crippen LogP contribution in [0.15, 0.2) is 48.5 Å². The van der Waals surface area contributed by atoms with Gasteiger partial charge in [0.2, 0.25) is 0 Å². The first-order chi connectivity index (χ1) is 17.0. The molecule has 4 rings (SSSR count). The van der Waals surface area contributed by atoms with Crippen molar-refractivity contribution in [2.24, 2.45) is 0 Å². The summed E-state index contributed by atoms with van der Waals surface area (Å²) in [6.45, 7) is 4.21. The molecule has 0 saturated heterocycles. The number of benzene rings is 2. The number of nitriles is 1. The maximum absolute atomic E-state index is 13.2. The molecule has 35 heavy (non-hydrogen) atoms. The Morgan fingerprint density at radius 1 is 1.14 bits per heavy atom. The van der Waals surface area contributed by atoms with Crippen LogP contribution in [0.5, 0.6) is 0 Å². The van der Waals surface area contributed by atoms with E-state index < -0.39 is 10.8 Å². The Kier molecular flexibility index (Phi) is 7.01. The van der Waals surface area contributed by atoms with Gasteiger partial charge in [0.25, 0.3) is 11.6 Å². The first-order valence-electron chi connectivity index (χ1n) is 11.7. The Morgan fingerprint density at radius 3 is 2.54 bits per heavy atom. The number of nitrogens with zero attached hydrogens (tertiary/aromatic N) is 5. The summed E-state index contributed by atoms with van der Waals surface area (Å²) in [6.07, 6.45) is 4.77. The highest BCUT2D eigenvalue weighted by Crippen LogP contribution is 2.35. The first kappa shape index (κ1) is 23.8. The highest BCUT2D eigenvalue weighted by atomic mass is 16.6. The number of amides is 1. The van der Waals surface area contributed by atoms with Gasteiger partial charge in [0, 0.05) is 23.7 Å². The van der Waals surface area contributed by atoms with Crippen LogP contribution in [0.2, 0.25) is 0 Å². The van der Waals surface area contributed by atoms with Gasteiger partial charge in [0.15, 0.2) is 5.65 Å². The number of nitrogens with one attached hydrogen (secondary N) is 1. The number of rotatable bonds is 9. The Labute approximate surface area is 202 Å². The molecule has 0 spiro atoms. The average molecular weight is 471 g/mol. The second kappa shape index (κ2) is 10.3. The van der Waals surface area contributed by atoms with Gasteiger partial charge in [-0.05, 0) is 31.0 Å². The average Bonchev–Trinajstić information content (AvgIpc) is 3.16. The van der Waals surface area contributed by atoms with E-state index in [4.69, 9.17) is 9.97 Å². The normalized spacial score (nSPS) is 11.9. The topological polar surface area (TPSA) is 127 Å². The van der Waals surface area contributed by atoms with E-state index >= 15 is 0 Å². The summed E-state index contributed by atoms with van der Waals surface area (Å²) >= 11 is 0. The molecule has 2 heterocycles. The van der Waals surface area contributed by atoms with Gasteiger partial charge < -0.3 is 9.88 Å². The molecule has 0 aliphatic carbocycles. The van der Waals surface area contributed by atoms with Crippen molar-refractivity contribution < 1.29 is 9.72 Å². The van der Waals surface area contributed by atoms with Crippen LogP contribution in [0.1, 0.15) is 67.9 Å². The van der Waals surface area contributed by atoms with Crippen LogP contribution < -0.4 is 5.32 Å². The maximum Gasteiger partial charge on any atom is 0.270 e. The summed E-state index contributed by atoms with van der Waals surface area (Å²) in [5, 5.41) is 24.1. The molecule has 2 aromatic heterocycles. The van der Waals surface area contributed by atoms with Gasteiger partial charge in [-0.2, -0.15) is 5.26 Å². The summed E-state index contributed by atoms with van der Waals surface area (Å²) in [6, 6.07) is 15.1. The van der Waals surface area contributed by atoms with Gasteiger partial charge in [-0.15, -0.1) is 0 Å². The Balaban J connectivity index is 1.89. The minimum atomic E-state index is -0.547. The first-order valence-corrected chi connectivity index (χ1v) is 11.7. The molecule has 1 atom stereocenters. The zero-order valence-corrected chi connectivity index (χ0v) is 19.7. The van der Waals surface area contributed by atoms with Gasteiger partial charge in [-0.3, -0.25) is 14.9 Å². The molecule has 9 heteroatoms. The van der Waals surface area contributed by atoms with Crippen molar-refractivity contribution in [1.82, 2.24) is 14.5 Å². The predicted molar refractivity (Wildman–Crippen MR) is 134 cm³/mol. The molecule has 0 aliphatic rings. The highest BCUT2D eigenvalue weighted by molar-refractivity contribution is 6.07. The second-order valence-corrected chi connectivity index (χ2v) is 8.41. The maximum atomic E-state index is 13.2. The Morgan fingerprint density at radius 2 is 1.89 bits per heavy atom. The van der Waals surface area contributed by atoms with Gasteiger partial charge in [0.05, 0.1) is 16.0 Å². The highest BCUT2D eigenvalue weighted by Gasteiger charge is 2.26. The predicted octanol–water partition coefficient (Wildman–Crippen LogP) is 6.15. The zero-order valence-electron chi connectivity index (χ0n) is 19.7. The van der Waals surface area contributed by atoms with E-state index in [0.29, 0.717) is 28.0 Å². The monoisotopic (exact) mass is 470 g/mol. The van der Waals surface area contributed by atoms with Crippen LogP contribution in [-0.4, -0.2) is 25.4 Å². The summed E-state index contributed by atoms with van der Waals surface area (Å²) in [5.41, 5.74) is 2.50. The molecule has 178 valence electrons. The molecule has 0 aliphatic heterocycles. The number of nitro benzene ring substituents is 1. The van der Waals surface area contributed by atoms with Crippen LogP contribution in [0.25, 0.3) is 22.2 Å². The number of hydrogen-bond acceptors (Lipinski definition) is 6. The van der Waals surface area contributed by atoms with Crippen molar-refractivity contribution in [3.8, 4) is 6.07 Å². The molecule has 1 unspecified atom stereocenters. The SMILES string of the molecule is CCCCCC(CC)n1c(NC(=O)c2cccc([N+](=O)[O-])c2)c(C#N)c2nc3ccccc3nc21. The zero-order chi connectivity index (χ0) is 24.9. The lowest BCUT2D eigenvalue weighted by Crippen LogP contribution is -2.19. The Hall–Kier alpha value is -4.32. The number of carbonyl (C=O) groups is 1. The molecule has 9 nitrogen and oxygen atoms in total. The molecule has 0 saturated carbocycles. The number of carbonyl (C=O) groups excluding carboxylic acids is 1. The smallest absolute Gasteiger partial charge is 0.270 e. The van der Waals surface area contributed by atoms with Crippen molar-refractivity contribution in [3.63, 3.8) is 0 Å². The Bertz CT molecular complexity index is 1450. The molecule has 4 aromatic rings. The summed E-state index contributed by atoms with van der Waals surface area (Å²) in [5.74, 6) is -0.222. The van der Waals surface area contributed by atoms with Gasteiger partial charge >= 0.3 is 0 Å². The van der Waals surface area contributed by atoms with Crippen molar-refractivity contribution in [3.05, 3.63) is 69.8 Å². The number of hydrogen-bond donors (Lipinski definition) is 1. The van der Waals surface area contributed by atoms with E-state index in [1.54, 1.807) is 0 Å². The van der Waals surface area contributed by atoms with E-state index in [1.807, 2.05) is 28.8 Å². The van der Waals surface area contributed by atoms with Crippen LogP contribution in [-0.2, 0) is 0 Å². The third-order valence-corrected chi connectivity index (χ3v) is 6.14. The third-order valence-electron chi connectivity index (χ3n) is 6.14. The quantitative estimate of drug-likeness (QED) is 0.178. The lowest BCUT2D eigenvalue weighted by Gasteiger charge is -2.21. The standard InChI is InChI=1S/C26H26N6O3/c1-3-5-6-11-18(4-2)31-24(30-26(33)17-10-9-12-19(15-17)32(34)35)20(16-27)23-25(31)29-22-14-8-7-13-21(22)28-23/h7-10,12-15,18H,3-6,11H2,1-2H3,(H,30,33). The number of anilines is 1. The molecule has 1 N–H and O–H groups in total. The number of nitro groups is 1. The number of para-hydroxylation sites is 2. The van der Waals surface area contributed by atoms with E-state index in [1.165, 1.54) is 24.3 Å². The number of fused-ring (bicyclic) bond motifs is 2. The number of aromatic nitrogens is 3. The van der Waals surface area contributed by atoms with Crippen LogP contribution >= 0.6 is 0 Å². The molecular weight excluding hydrogens is 444 g/mol. The fourth-order valence-corrected chi connectivity index (χ4v) is 4.34. The van der Waals surface area contributed by atoms with E-state index in [-0.39, 0.29) is 22.9 Å². The summed E-state index contributed by atoms with van der Waals surface area (Å²) in [7, 11) is 0. The molecule has 0 bridgehead atoms. The van der Waals surface area contributed by atoms with E-state index in [9.17, 15) is 20.2 Å². The molecule has 1 amide bonds. The minimum Gasteiger partial charge on any atom is -0.307 e. The fraction of sp³-hybridized carbons (Fsp3) is 0.308. The number of non-ortho nitro benzene ring substituents is 1. The van der Waals surface area contributed by atoms with E-state index in [0.717, 1.165) is 32.1 Å². The molecule has 2 aromatic carbocycles.